The molecule has 0 amide bonds. The number of anilines is 1. The molecule has 0 aliphatic carbocycles. The van der Waals surface area contributed by atoms with E-state index in [1.165, 1.54) is 5.56 Å². The van der Waals surface area contributed by atoms with Gasteiger partial charge in [-0.05, 0) is 44.8 Å². The lowest BCUT2D eigenvalue weighted by Crippen LogP contribution is -2.28. The highest BCUT2D eigenvalue weighted by atomic mass is 16.5. The third-order valence-corrected chi connectivity index (χ3v) is 3.97. The third-order valence-electron chi connectivity index (χ3n) is 3.97. The molecule has 0 radical (unpaired) electrons. The van der Waals surface area contributed by atoms with Crippen LogP contribution in [0.25, 0.3) is 0 Å². The predicted molar refractivity (Wildman–Crippen MR) is 93.8 cm³/mol. The van der Waals surface area contributed by atoms with Crippen LogP contribution in [0.1, 0.15) is 18.0 Å². The summed E-state index contributed by atoms with van der Waals surface area (Å²) in [5, 5.41) is 0. The van der Waals surface area contributed by atoms with Gasteiger partial charge in [-0.15, -0.1) is 0 Å². The molecule has 0 fully saturated rings. The summed E-state index contributed by atoms with van der Waals surface area (Å²) in [6.07, 6.45) is 1.06. The van der Waals surface area contributed by atoms with Crippen molar-refractivity contribution in [3.05, 3.63) is 60.2 Å². The quantitative estimate of drug-likeness (QED) is 0.773. The molecule has 2 aromatic rings. The molecule has 22 heavy (non-hydrogen) atoms. The number of ether oxygens (including phenoxy) is 1. The van der Waals surface area contributed by atoms with Crippen molar-refractivity contribution in [3.8, 4) is 5.75 Å². The summed E-state index contributed by atoms with van der Waals surface area (Å²) in [7, 11) is 8.10. The van der Waals surface area contributed by atoms with Gasteiger partial charge in [-0.25, -0.2) is 0 Å². The molecule has 3 nitrogen and oxygen atoms in total. The van der Waals surface area contributed by atoms with Gasteiger partial charge < -0.3 is 14.5 Å². The van der Waals surface area contributed by atoms with E-state index in [2.05, 4.69) is 73.4 Å². The van der Waals surface area contributed by atoms with E-state index in [0.29, 0.717) is 6.04 Å². The van der Waals surface area contributed by atoms with Gasteiger partial charge >= 0.3 is 0 Å². The van der Waals surface area contributed by atoms with Crippen LogP contribution in [-0.2, 0) is 0 Å². The first-order chi connectivity index (χ1) is 10.6. The van der Waals surface area contributed by atoms with Gasteiger partial charge in [0.25, 0.3) is 0 Å². The highest BCUT2D eigenvalue weighted by Gasteiger charge is 2.19. The number of nitrogens with zero attached hydrogens (tertiary/aromatic N) is 2. The van der Waals surface area contributed by atoms with Crippen molar-refractivity contribution in [1.82, 2.24) is 4.90 Å². The highest BCUT2D eigenvalue weighted by molar-refractivity contribution is 5.59. The standard InChI is InChI=1S/C19H26N2O/c1-20(2)15-14-17(16-10-6-5-7-11-16)21(3)18-12-8-9-13-19(18)22-4/h5-13,17H,14-15H2,1-4H3. The molecule has 0 N–H and O–H groups in total. The average molecular weight is 298 g/mol. The summed E-state index contributed by atoms with van der Waals surface area (Å²) in [6.45, 7) is 1.04. The van der Waals surface area contributed by atoms with Crippen molar-refractivity contribution in [1.29, 1.82) is 0 Å². The normalized spacial score (nSPS) is 12.2. The molecule has 0 aromatic heterocycles. The van der Waals surface area contributed by atoms with Gasteiger partial charge in [0.15, 0.2) is 0 Å². The Balaban J connectivity index is 2.31. The summed E-state index contributed by atoms with van der Waals surface area (Å²) in [6, 6.07) is 19.2. The Bertz CT molecular complexity index is 569. The number of rotatable bonds is 7. The van der Waals surface area contributed by atoms with E-state index >= 15 is 0 Å². The van der Waals surface area contributed by atoms with E-state index in [0.717, 1.165) is 24.4 Å². The molecule has 0 heterocycles. The van der Waals surface area contributed by atoms with Crippen molar-refractivity contribution in [2.75, 3.05) is 39.7 Å². The predicted octanol–water partition coefficient (Wildman–Crippen LogP) is 3.82. The van der Waals surface area contributed by atoms with Crippen molar-refractivity contribution in [3.63, 3.8) is 0 Å². The van der Waals surface area contributed by atoms with Gasteiger partial charge in [0, 0.05) is 7.05 Å². The van der Waals surface area contributed by atoms with Gasteiger partial charge in [0.2, 0.25) is 0 Å². The van der Waals surface area contributed by atoms with Crippen LogP contribution >= 0.6 is 0 Å². The summed E-state index contributed by atoms with van der Waals surface area (Å²) >= 11 is 0. The summed E-state index contributed by atoms with van der Waals surface area (Å²) < 4.78 is 5.53. The molecule has 0 aliphatic rings. The third kappa shape index (κ3) is 4.01. The molecule has 0 spiro atoms. The molecule has 2 rings (SSSR count). The Hall–Kier alpha value is -2.00. The molecule has 0 bridgehead atoms. The molecule has 3 heteroatoms. The van der Waals surface area contributed by atoms with E-state index < -0.39 is 0 Å². The molecule has 2 aromatic carbocycles. The minimum Gasteiger partial charge on any atom is -0.495 e. The van der Waals surface area contributed by atoms with E-state index in [4.69, 9.17) is 4.74 Å². The van der Waals surface area contributed by atoms with Crippen LogP contribution in [0, 0.1) is 0 Å². The second-order valence-electron chi connectivity index (χ2n) is 5.80. The lowest BCUT2D eigenvalue weighted by atomic mass is 10.0. The minimum absolute atomic E-state index is 0.319. The van der Waals surface area contributed by atoms with Crippen LogP contribution in [0.5, 0.6) is 5.75 Å². The Morgan fingerprint density at radius 3 is 2.18 bits per heavy atom. The van der Waals surface area contributed by atoms with Crippen LogP contribution in [0.3, 0.4) is 0 Å². The zero-order chi connectivity index (χ0) is 15.9. The first kappa shape index (κ1) is 16.4. The van der Waals surface area contributed by atoms with Gasteiger partial charge in [0.05, 0.1) is 18.8 Å². The van der Waals surface area contributed by atoms with Crippen LogP contribution < -0.4 is 9.64 Å². The highest BCUT2D eigenvalue weighted by Crippen LogP contribution is 2.34. The largest absolute Gasteiger partial charge is 0.495 e. The van der Waals surface area contributed by atoms with Crippen molar-refractivity contribution < 1.29 is 4.74 Å². The first-order valence-electron chi connectivity index (χ1n) is 7.69. The number of para-hydroxylation sites is 2. The second-order valence-corrected chi connectivity index (χ2v) is 5.80. The average Bonchev–Trinajstić information content (AvgIpc) is 2.55. The number of benzene rings is 2. The fourth-order valence-electron chi connectivity index (χ4n) is 2.73. The van der Waals surface area contributed by atoms with Gasteiger partial charge in [-0.1, -0.05) is 42.5 Å². The van der Waals surface area contributed by atoms with E-state index in [1.54, 1.807) is 7.11 Å². The summed E-state index contributed by atoms with van der Waals surface area (Å²) in [5.74, 6) is 0.913. The molecule has 0 saturated carbocycles. The molecule has 0 saturated heterocycles. The Kier molecular flexibility index (Phi) is 5.84. The van der Waals surface area contributed by atoms with Crippen LogP contribution in [0.4, 0.5) is 5.69 Å². The van der Waals surface area contributed by atoms with Crippen LogP contribution in [0.2, 0.25) is 0 Å². The molecule has 1 unspecified atom stereocenters. The topological polar surface area (TPSA) is 15.7 Å². The fourth-order valence-corrected chi connectivity index (χ4v) is 2.73. The fraction of sp³-hybridized carbons (Fsp3) is 0.368. The number of hydrogen-bond acceptors (Lipinski definition) is 3. The van der Waals surface area contributed by atoms with E-state index in [-0.39, 0.29) is 0 Å². The van der Waals surface area contributed by atoms with Crippen LogP contribution in [-0.4, -0.2) is 39.7 Å². The second kappa shape index (κ2) is 7.85. The van der Waals surface area contributed by atoms with Crippen LogP contribution in [0.15, 0.2) is 54.6 Å². The first-order valence-corrected chi connectivity index (χ1v) is 7.69. The van der Waals surface area contributed by atoms with Crippen molar-refractivity contribution in [2.45, 2.75) is 12.5 Å². The van der Waals surface area contributed by atoms with Crippen molar-refractivity contribution in [2.24, 2.45) is 0 Å². The van der Waals surface area contributed by atoms with Crippen molar-refractivity contribution >= 4 is 5.69 Å². The Labute approximate surface area is 134 Å². The van der Waals surface area contributed by atoms with Gasteiger partial charge in [-0.3, -0.25) is 0 Å². The molecule has 118 valence electrons. The lowest BCUT2D eigenvalue weighted by Gasteiger charge is -2.32. The molecule has 1 atom stereocenters. The maximum Gasteiger partial charge on any atom is 0.142 e. The molecule has 0 aliphatic heterocycles. The molecular formula is C19H26N2O. The monoisotopic (exact) mass is 298 g/mol. The number of hydrogen-bond donors (Lipinski definition) is 0. The smallest absolute Gasteiger partial charge is 0.142 e. The zero-order valence-corrected chi connectivity index (χ0v) is 14.0. The number of methoxy groups -OCH3 is 1. The Morgan fingerprint density at radius 2 is 1.55 bits per heavy atom. The van der Waals surface area contributed by atoms with E-state index in [9.17, 15) is 0 Å². The SMILES string of the molecule is COc1ccccc1N(C)C(CCN(C)C)c1ccccc1. The summed E-state index contributed by atoms with van der Waals surface area (Å²) in [5.41, 5.74) is 2.45. The maximum absolute atomic E-state index is 5.53. The van der Waals surface area contributed by atoms with Gasteiger partial charge in [-0.2, -0.15) is 0 Å². The lowest BCUT2D eigenvalue weighted by molar-refractivity contribution is 0.376. The zero-order valence-electron chi connectivity index (χ0n) is 14.0. The minimum atomic E-state index is 0.319. The maximum atomic E-state index is 5.53. The van der Waals surface area contributed by atoms with Gasteiger partial charge in [0.1, 0.15) is 5.75 Å². The summed E-state index contributed by atoms with van der Waals surface area (Å²) in [4.78, 5) is 4.55. The van der Waals surface area contributed by atoms with E-state index in [1.807, 2.05) is 12.1 Å². The Morgan fingerprint density at radius 1 is 0.909 bits per heavy atom. The molecular weight excluding hydrogens is 272 g/mol.